The summed E-state index contributed by atoms with van der Waals surface area (Å²) in [6.45, 7) is 0. The number of rotatable bonds is 1. The van der Waals surface area contributed by atoms with E-state index in [2.05, 4.69) is 5.32 Å². The van der Waals surface area contributed by atoms with Crippen LogP contribution in [-0.2, 0) is 9.59 Å². The van der Waals surface area contributed by atoms with Crippen LogP contribution in [0.25, 0.3) is 21.5 Å². The minimum Gasteiger partial charge on any atom is -0.294 e. The Kier molecular flexibility index (Phi) is 3.64. The van der Waals surface area contributed by atoms with E-state index in [1.807, 2.05) is 66.7 Å². The van der Waals surface area contributed by atoms with Crippen LogP contribution in [0.15, 0.2) is 54.6 Å². The highest BCUT2D eigenvalue weighted by Gasteiger charge is 2.46. The van der Waals surface area contributed by atoms with Gasteiger partial charge in [-0.05, 0) is 33.2 Å². The normalized spacial score (nSPS) is 20.5. The van der Waals surface area contributed by atoms with Crippen molar-refractivity contribution in [2.24, 2.45) is 11.8 Å². The Morgan fingerprint density at radius 1 is 0.769 bits per heavy atom. The Balaban J connectivity index is 2.13. The number of imide groups is 1. The summed E-state index contributed by atoms with van der Waals surface area (Å²) in [5, 5.41) is 24.9. The van der Waals surface area contributed by atoms with Gasteiger partial charge < -0.3 is 0 Å². The molecule has 4 rings (SSSR count). The number of fused-ring (bicyclic) bond motifs is 2. The lowest BCUT2D eigenvalue weighted by Crippen LogP contribution is -2.49. The van der Waals surface area contributed by atoms with Crippen molar-refractivity contribution in [3.05, 3.63) is 60.2 Å². The molecule has 1 N–H and O–H groups in total. The highest BCUT2D eigenvalue weighted by Crippen LogP contribution is 2.42. The van der Waals surface area contributed by atoms with Gasteiger partial charge in [0.2, 0.25) is 11.8 Å². The van der Waals surface area contributed by atoms with Crippen molar-refractivity contribution in [2.45, 2.75) is 5.92 Å². The molecule has 0 aromatic heterocycles. The summed E-state index contributed by atoms with van der Waals surface area (Å²) >= 11 is 0. The smallest absolute Gasteiger partial charge is 0.244 e. The zero-order chi connectivity index (χ0) is 18.3. The minimum atomic E-state index is -1.11. The van der Waals surface area contributed by atoms with Gasteiger partial charge in [0, 0.05) is 5.92 Å². The van der Waals surface area contributed by atoms with Crippen molar-refractivity contribution in [2.75, 3.05) is 0 Å². The summed E-state index contributed by atoms with van der Waals surface area (Å²) in [6.07, 6.45) is 0. The van der Waals surface area contributed by atoms with E-state index in [9.17, 15) is 20.1 Å². The van der Waals surface area contributed by atoms with E-state index in [4.69, 9.17) is 0 Å². The fraction of sp³-hybridized carbons (Fsp3) is 0.143. The molecule has 0 radical (unpaired) electrons. The summed E-state index contributed by atoms with van der Waals surface area (Å²) in [5.41, 5.74) is 0.708. The first kappa shape index (κ1) is 15.8. The first-order valence-corrected chi connectivity index (χ1v) is 8.20. The van der Waals surface area contributed by atoms with E-state index in [0.29, 0.717) is 5.56 Å². The second-order valence-corrected chi connectivity index (χ2v) is 6.33. The molecule has 26 heavy (non-hydrogen) atoms. The van der Waals surface area contributed by atoms with Crippen LogP contribution in [0.5, 0.6) is 0 Å². The van der Waals surface area contributed by atoms with Crippen LogP contribution in [0, 0.1) is 34.5 Å². The molecule has 3 aromatic rings. The van der Waals surface area contributed by atoms with E-state index in [1.54, 1.807) is 0 Å². The van der Waals surface area contributed by atoms with Crippen molar-refractivity contribution >= 4 is 33.4 Å². The molecule has 0 spiro atoms. The second kappa shape index (κ2) is 5.98. The van der Waals surface area contributed by atoms with Gasteiger partial charge in [0.25, 0.3) is 0 Å². The maximum absolute atomic E-state index is 12.3. The van der Waals surface area contributed by atoms with E-state index in [-0.39, 0.29) is 0 Å². The number of carbonyl (C=O) groups is 2. The van der Waals surface area contributed by atoms with Crippen LogP contribution in [0.3, 0.4) is 0 Å². The Morgan fingerprint density at radius 3 is 1.69 bits per heavy atom. The Hall–Kier alpha value is -3.70. The molecule has 2 amide bonds. The molecule has 1 fully saturated rings. The lowest BCUT2D eigenvalue weighted by atomic mass is 9.72. The van der Waals surface area contributed by atoms with Gasteiger partial charge in [-0.25, -0.2) is 0 Å². The van der Waals surface area contributed by atoms with E-state index in [0.717, 1.165) is 21.5 Å². The number of piperidine rings is 1. The highest BCUT2D eigenvalue weighted by atomic mass is 16.2. The topological polar surface area (TPSA) is 93.8 Å². The number of carbonyl (C=O) groups excluding carboxylic acids is 2. The van der Waals surface area contributed by atoms with Crippen LogP contribution in [-0.4, -0.2) is 11.8 Å². The van der Waals surface area contributed by atoms with Gasteiger partial charge >= 0.3 is 0 Å². The first-order chi connectivity index (χ1) is 12.7. The molecule has 124 valence electrons. The molecule has 3 aromatic carbocycles. The Morgan fingerprint density at radius 2 is 1.23 bits per heavy atom. The van der Waals surface area contributed by atoms with Gasteiger partial charge in [-0.3, -0.25) is 14.9 Å². The van der Waals surface area contributed by atoms with Crippen LogP contribution in [0.1, 0.15) is 11.5 Å². The number of nitrogens with zero attached hydrogens (tertiary/aromatic N) is 2. The predicted octanol–water partition coefficient (Wildman–Crippen LogP) is 3.01. The number of nitrogens with one attached hydrogen (secondary N) is 1. The maximum atomic E-state index is 12.3. The van der Waals surface area contributed by atoms with E-state index in [1.165, 1.54) is 0 Å². The molecular weight excluding hydrogens is 326 g/mol. The van der Waals surface area contributed by atoms with Crippen molar-refractivity contribution in [1.29, 1.82) is 10.5 Å². The Labute approximate surface area is 149 Å². The molecule has 0 unspecified atom stereocenters. The predicted molar refractivity (Wildman–Crippen MR) is 95.6 cm³/mol. The fourth-order valence-electron chi connectivity index (χ4n) is 3.81. The highest BCUT2D eigenvalue weighted by molar-refractivity contribution is 6.07. The van der Waals surface area contributed by atoms with Gasteiger partial charge in [-0.15, -0.1) is 0 Å². The fourth-order valence-corrected chi connectivity index (χ4v) is 3.81. The monoisotopic (exact) mass is 339 g/mol. The summed E-state index contributed by atoms with van der Waals surface area (Å²) in [4.78, 5) is 24.6. The second-order valence-electron chi connectivity index (χ2n) is 6.33. The van der Waals surface area contributed by atoms with Gasteiger partial charge in [0.1, 0.15) is 11.8 Å². The Bertz CT molecular complexity index is 1070. The SMILES string of the molecule is N#C[C@@H]1C(=O)NC(=O)[C@@H](C#N)C1c1c2ccccc2cc2ccccc12. The van der Waals surface area contributed by atoms with Gasteiger partial charge in [0.05, 0.1) is 12.1 Å². The zero-order valence-corrected chi connectivity index (χ0v) is 13.6. The summed E-state index contributed by atoms with van der Waals surface area (Å²) in [7, 11) is 0. The van der Waals surface area contributed by atoms with Gasteiger partial charge in [0.15, 0.2) is 0 Å². The average molecular weight is 339 g/mol. The van der Waals surface area contributed by atoms with Crippen LogP contribution in [0.2, 0.25) is 0 Å². The van der Waals surface area contributed by atoms with Gasteiger partial charge in [-0.2, -0.15) is 10.5 Å². The largest absolute Gasteiger partial charge is 0.294 e. The third kappa shape index (κ3) is 2.22. The minimum absolute atomic E-state index is 0.647. The first-order valence-electron chi connectivity index (χ1n) is 8.20. The van der Waals surface area contributed by atoms with Crippen molar-refractivity contribution in [1.82, 2.24) is 5.32 Å². The molecule has 5 heteroatoms. The maximum Gasteiger partial charge on any atom is 0.244 e. The number of nitriles is 2. The van der Waals surface area contributed by atoms with Crippen LogP contribution < -0.4 is 5.32 Å². The van der Waals surface area contributed by atoms with E-state index >= 15 is 0 Å². The lowest BCUT2D eigenvalue weighted by molar-refractivity contribution is -0.137. The van der Waals surface area contributed by atoms with E-state index < -0.39 is 29.6 Å². The quantitative estimate of drug-likeness (QED) is 0.545. The van der Waals surface area contributed by atoms with Crippen LogP contribution >= 0.6 is 0 Å². The third-order valence-corrected chi connectivity index (χ3v) is 4.95. The number of amides is 2. The molecule has 1 heterocycles. The molecule has 0 aliphatic carbocycles. The average Bonchev–Trinajstić information content (AvgIpc) is 2.65. The molecule has 1 saturated heterocycles. The van der Waals surface area contributed by atoms with Crippen molar-refractivity contribution in [3.8, 4) is 12.1 Å². The standard InChI is InChI=1S/C21H13N3O2/c22-10-16-19(17(11-23)21(26)24-20(16)25)18-14-7-3-1-5-12(14)9-13-6-2-4-8-15(13)18/h1-9,16-17,19H,(H,24,25,26)/t16-,17-/m0/s1. The third-order valence-electron chi connectivity index (χ3n) is 4.95. The molecule has 2 atom stereocenters. The molecule has 0 bridgehead atoms. The number of hydrogen-bond acceptors (Lipinski definition) is 4. The number of hydrogen-bond donors (Lipinski definition) is 1. The van der Waals surface area contributed by atoms with Crippen molar-refractivity contribution in [3.63, 3.8) is 0 Å². The molecule has 5 nitrogen and oxygen atoms in total. The summed E-state index contributed by atoms with van der Waals surface area (Å²) < 4.78 is 0. The number of benzene rings is 3. The zero-order valence-electron chi connectivity index (χ0n) is 13.6. The lowest BCUT2D eigenvalue weighted by Gasteiger charge is -2.31. The summed E-state index contributed by atoms with van der Waals surface area (Å²) in [5.74, 6) is -4.32. The molecular formula is C21H13N3O2. The molecule has 0 saturated carbocycles. The van der Waals surface area contributed by atoms with Crippen molar-refractivity contribution < 1.29 is 9.59 Å². The summed E-state index contributed by atoms with van der Waals surface area (Å²) in [6, 6.07) is 21.3. The molecule has 1 aliphatic rings. The van der Waals surface area contributed by atoms with Crippen LogP contribution in [0.4, 0.5) is 0 Å². The van der Waals surface area contributed by atoms with Gasteiger partial charge in [-0.1, -0.05) is 48.5 Å². The molecule has 1 aliphatic heterocycles.